The molecule has 0 saturated heterocycles. The zero-order chi connectivity index (χ0) is 15.5. The molecule has 5 heteroatoms. The molecule has 112 valence electrons. The van der Waals surface area contributed by atoms with Crippen LogP contribution >= 0.6 is 11.3 Å². The van der Waals surface area contributed by atoms with Crippen LogP contribution in [-0.2, 0) is 5.41 Å². The molecule has 1 heterocycles. The van der Waals surface area contributed by atoms with E-state index in [0.29, 0.717) is 10.7 Å². The summed E-state index contributed by atoms with van der Waals surface area (Å²) in [7, 11) is 0. The van der Waals surface area contributed by atoms with E-state index in [4.69, 9.17) is 0 Å². The van der Waals surface area contributed by atoms with Crippen LogP contribution in [0.1, 0.15) is 43.7 Å². The Morgan fingerprint density at radius 1 is 1.24 bits per heavy atom. The van der Waals surface area contributed by atoms with Gasteiger partial charge in [0.25, 0.3) is 5.91 Å². The van der Waals surface area contributed by atoms with Crippen molar-refractivity contribution in [3.8, 4) is 0 Å². The molecular weight excluding hydrogens is 282 g/mol. The molecule has 0 bridgehead atoms. The third-order valence-corrected chi connectivity index (χ3v) is 3.78. The number of carbonyl (C=O) groups is 1. The van der Waals surface area contributed by atoms with E-state index in [2.05, 4.69) is 36.4 Å². The van der Waals surface area contributed by atoms with Gasteiger partial charge in [0.1, 0.15) is 0 Å². The average molecular weight is 303 g/mol. The molecule has 0 unspecified atom stereocenters. The number of hydrogen-bond acceptors (Lipinski definition) is 4. The highest BCUT2D eigenvalue weighted by atomic mass is 32.1. The van der Waals surface area contributed by atoms with Crippen molar-refractivity contribution in [3.63, 3.8) is 0 Å². The minimum Gasteiger partial charge on any atom is -0.385 e. The first kappa shape index (κ1) is 15.5. The Morgan fingerprint density at radius 3 is 2.43 bits per heavy atom. The van der Waals surface area contributed by atoms with Crippen molar-refractivity contribution in [2.45, 2.75) is 33.1 Å². The third kappa shape index (κ3) is 4.04. The highest BCUT2D eigenvalue weighted by Crippen LogP contribution is 2.26. The molecule has 1 aromatic carbocycles. The van der Waals surface area contributed by atoms with Gasteiger partial charge >= 0.3 is 0 Å². The highest BCUT2D eigenvalue weighted by molar-refractivity contribution is 7.14. The van der Waals surface area contributed by atoms with Crippen molar-refractivity contribution in [1.29, 1.82) is 0 Å². The van der Waals surface area contributed by atoms with Gasteiger partial charge in [-0.3, -0.25) is 10.1 Å². The van der Waals surface area contributed by atoms with Gasteiger partial charge < -0.3 is 5.32 Å². The summed E-state index contributed by atoms with van der Waals surface area (Å²) >= 11 is 1.46. The number of benzene rings is 1. The molecule has 2 rings (SSSR count). The van der Waals surface area contributed by atoms with Gasteiger partial charge in [-0.05, 0) is 31.2 Å². The van der Waals surface area contributed by atoms with Gasteiger partial charge in [0, 0.05) is 28.6 Å². The summed E-state index contributed by atoms with van der Waals surface area (Å²) in [6, 6.07) is 7.43. The Balaban J connectivity index is 2.05. The van der Waals surface area contributed by atoms with Crippen LogP contribution < -0.4 is 10.6 Å². The number of amides is 1. The molecule has 0 saturated carbocycles. The minimum absolute atomic E-state index is 0.00700. The number of aromatic nitrogens is 1. The number of carbonyl (C=O) groups excluding carboxylic acids is 1. The molecular formula is C16H21N3OS. The molecule has 0 aliphatic carbocycles. The largest absolute Gasteiger partial charge is 0.385 e. The molecule has 4 nitrogen and oxygen atoms in total. The number of rotatable bonds is 4. The lowest BCUT2D eigenvalue weighted by Crippen LogP contribution is -2.14. The van der Waals surface area contributed by atoms with Crippen molar-refractivity contribution in [1.82, 2.24) is 4.98 Å². The van der Waals surface area contributed by atoms with E-state index >= 15 is 0 Å². The Hall–Kier alpha value is -1.88. The Morgan fingerprint density at radius 2 is 1.90 bits per heavy atom. The molecule has 1 aromatic heterocycles. The molecule has 1 amide bonds. The lowest BCUT2D eigenvalue weighted by molar-refractivity contribution is 0.102. The summed E-state index contributed by atoms with van der Waals surface area (Å²) in [6.07, 6.45) is 0. The smallest absolute Gasteiger partial charge is 0.257 e. The van der Waals surface area contributed by atoms with Crippen LogP contribution in [0.15, 0.2) is 29.6 Å². The van der Waals surface area contributed by atoms with Crippen LogP contribution in [0.5, 0.6) is 0 Å². The van der Waals surface area contributed by atoms with Crippen LogP contribution in [0.2, 0.25) is 0 Å². The van der Waals surface area contributed by atoms with Gasteiger partial charge in [-0.15, -0.1) is 11.3 Å². The Kier molecular flexibility index (Phi) is 4.63. The summed E-state index contributed by atoms with van der Waals surface area (Å²) in [6.45, 7) is 9.21. The van der Waals surface area contributed by atoms with E-state index in [1.165, 1.54) is 11.3 Å². The zero-order valence-electron chi connectivity index (χ0n) is 12.9. The predicted molar refractivity (Wildman–Crippen MR) is 89.4 cm³/mol. The SMILES string of the molecule is CCNc1ccc(C(=O)Nc2nc(C(C)(C)C)cs2)cc1. The number of hydrogen-bond donors (Lipinski definition) is 2. The minimum atomic E-state index is -0.132. The molecule has 0 radical (unpaired) electrons. The monoisotopic (exact) mass is 303 g/mol. The van der Waals surface area contributed by atoms with Crippen LogP contribution in [-0.4, -0.2) is 17.4 Å². The number of anilines is 2. The molecule has 0 spiro atoms. The number of nitrogens with zero attached hydrogens (tertiary/aromatic N) is 1. The summed E-state index contributed by atoms with van der Waals surface area (Å²) in [5.41, 5.74) is 2.63. The highest BCUT2D eigenvalue weighted by Gasteiger charge is 2.18. The Labute approximate surface area is 129 Å². The molecule has 0 fully saturated rings. The summed E-state index contributed by atoms with van der Waals surface area (Å²) < 4.78 is 0. The van der Waals surface area contributed by atoms with Crippen molar-refractivity contribution < 1.29 is 4.79 Å². The third-order valence-electron chi connectivity index (χ3n) is 3.02. The van der Waals surface area contributed by atoms with Crippen LogP contribution in [0.4, 0.5) is 10.8 Å². The summed E-state index contributed by atoms with van der Waals surface area (Å²) in [5.74, 6) is -0.132. The maximum Gasteiger partial charge on any atom is 0.257 e. The first-order chi connectivity index (χ1) is 9.90. The van der Waals surface area contributed by atoms with E-state index in [1.807, 2.05) is 36.6 Å². The van der Waals surface area contributed by atoms with Gasteiger partial charge in [0.2, 0.25) is 0 Å². The van der Waals surface area contributed by atoms with Crippen molar-refractivity contribution in [3.05, 3.63) is 40.9 Å². The second-order valence-electron chi connectivity index (χ2n) is 5.85. The first-order valence-corrected chi connectivity index (χ1v) is 7.89. The number of thiazole rings is 1. The van der Waals surface area contributed by atoms with E-state index in [0.717, 1.165) is 17.9 Å². The van der Waals surface area contributed by atoms with E-state index in [-0.39, 0.29) is 11.3 Å². The van der Waals surface area contributed by atoms with Gasteiger partial charge in [-0.1, -0.05) is 20.8 Å². The standard InChI is InChI=1S/C16H21N3OS/c1-5-17-12-8-6-11(7-9-12)14(20)19-15-18-13(10-21-15)16(2,3)4/h6-10,17H,5H2,1-4H3,(H,18,19,20). The molecule has 0 aliphatic rings. The van der Waals surface area contributed by atoms with Crippen LogP contribution in [0.25, 0.3) is 0 Å². The first-order valence-electron chi connectivity index (χ1n) is 7.01. The molecule has 2 aromatic rings. The van der Waals surface area contributed by atoms with Crippen molar-refractivity contribution in [2.75, 3.05) is 17.2 Å². The summed E-state index contributed by atoms with van der Waals surface area (Å²) in [4.78, 5) is 16.6. The topological polar surface area (TPSA) is 54.0 Å². The molecule has 2 N–H and O–H groups in total. The fourth-order valence-electron chi connectivity index (χ4n) is 1.79. The Bertz CT molecular complexity index is 611. The molecule has 21 heavy (non-hydrogen) atoms. The van der Waals surface area contributed by atoms with E-state index < -0.39 is 0 Å². The van der Waals surface area contributed by atoms with Gasteiger partial charge in [0.05, 0.1) is 5.69 Å². The fourth-order valence-corrected chi connectivity index (χ4v) is 2.72. The fraction of sp³-hybridized carbons (Fsp3) is 0.375. The average Bonchev–Trinajstić information content (AvgIpc) is 2.88. The van der Waals surface area contributed by atoms with Gasteiger partial charge in [-0.2, -0.15) is 0 Å². The van der Waals surface area contributed by atoms with Crippen LogP contribution in [0, 0.1) is 0 Å². The van der Waals surface area contributed by atoms with Crippen molar-refractivity contribution >= 4 is 28.1 Å². The maximum absolute atomic E-state index is 12.2. The zero-order valence-corrected chi connectivity index (χ0v) is 13.7. The summed E-state index contributed by atoms with van der Waals surface area (Å²) in [5, 5.41) is 8.68. The normalized spacial score (nSPS) is 11.2. The lowest BCUT2D eigenvalue weighted by atomic mass is 9.93. The maximum atomic E-state index is 12.2. The quantitative estimate of drug-likeness (QED) is 0.893. The second kappa shape index (κ2) is 6.26. The molecule has 0 aliphatic heterocycles. The lowest BCUT2D eigenvalue weighted by Gasteiger charge is -2.14. The second-order valence-corrected chi connectivity index (χ2v) is 6.71. The number of nitrogens with one attached hydrogen (secondary N) is 2. The predicted octanol–water partition coefficient (Wildman–Crippen LogP) is 4.12. The van der Waals surface area contributed by atoms with E-state index in [9.17, 15) is 4.79 Å². The van der Waals surface area contributed by atoms with Gasteiger partial charge in [-0.25, -0.2) is 4.98 Å². The molecule has 0 atom stereocenters. The van der Waals surface area contributed by atoms with E-state index in [1.54, 1.807) is 0 Å². The van der Waals surface area contributed by atoms with Crippen LogP contribution in [0.3, 0.4) is 0 Å². The van der Waals surface area contributed by atoms with Gasteiger partial charge in [0.15, 0.2) is 5.13 Å². The van der Waals surface area contributed by atoms with Crippen molar-refractivity contribution in [2.24, 2.45) is 0 Å².